The molecule has 0 aromatic heterocycles. The van der Waals surface area contributed by atoms with Crippen LogP contribution in [0.2, 0.25) is 0 Å². The molecule has 1 saturated heterocycles. The summed E-state index contributed by atoms with van der Waals surface area (Å²) in [4.78, 5) is 23.3. The van der Waals surface area contributed by atoms with Crippen molar-refractivity contribution in [3.8, 4) is 0 Å². The number of hydrogen-bond donors (Lipinski definition) is 1. The third-order valence-electron chi connectivity index (χ3n) is 3.02. The van der Waals surface area contributed by atoms with Crippen molar-refractivity contribution in [1.29, 1.82) is 0 Å². The molecule has 1 amide bonds. The maximum atomic E-state index is 11.7. The van der Waals surface area contributed by atoms with E-state index in [1.54, 1.807) is 0 Å². The number of rotatable bonds is 4. The van der Waals surface area contributed by atoms with Gasteiger partial charge in [0.15, 0.2) is 0 Å². The van der Waals surface area contributed by atoms with Gasteiger partial charge < -0.3 is 14.8 Å². The molecule has 1 aromatic carbocycles. The molecule has 108 valence electrons. The Morgan fingerprint density at radius 1 is 1.35 bits per heavy atom. The number of halogens is 1. The number of carbonyl (C=O) groups excluding carboxylic acids is 2. The van der Waals surface area contributed by atoms with Crippen LogP contribution >= 0.6 is 15.9 Å². The van der Waals surface area contributed by atoms with E-state index in [4.69, 9.17) is 9.47 Å². The van der Waals surface area contributed by atoms with E-state index in [0.717, 1.165) is 12.0 Å². The molecule has 1 aliphatic heterocycles. The smallest absolute Gasteiger partial charge is 0.408 e. The Morgan fingerprint density at radius 2 is 2.10 bits per heavy atom. The number of alkyl halides is 1. The molecular weight excluding hydrogens is 326 g/mol. The Balaban J connectivity index is 1.76. The second kappa shape index (κ2) is 7.28. The fourth-order valence-electron chi connectivity index (χ4n) is 1.92. The molecule has 1 aromatic rings. The van der Waals surface area contributed by atoms with Crippen LogP contribution in [0.5, 0.6) is 0 Å². The number of ether oxygens (including phenoxy) is 2. The van der Waals surface area contributed by atoms with E-state index in [-0.39, 0.29) is 12.7 Å². The van der Waals surface area contributed by atoms with E-state index in [1.165, 1.54) is 0 Å². The van der Waals surface area contributed by atoms with Crippen molar-refractivity contribution < 1.29 is 19.1 Å². The van der Waals surface area contributed by atoms with Crippen LogP contribution in [0.25, 0.3) is 0 Å². The van der Waals surface area contributed by atoms with Gasteiger partial charge in [0, 0.05) is 5.33 Å². The van der Waals surface area contributed by atoms with Crippen LogP contribution in [-0.2, 0) is 20.9 Å². The van der Waals surface area contributed by atoms with Crippen molar-refractivity contribution in [1.82, 2.24) is 5.32 Å². The summed E-state index contributed by atoms with van der Waals surface area (Å²) in [5, 5.41) is 3.15. The van der Waals surface area contributed by atoms with E-state index in [0.29, 0.717) is 11.8 Å². The van der Waals surface area contributed by atoms with Crippen molar-refractivity contribution in [3.05, 3.63) is 35.9 Å². The number of carbonyl (C=O) groups is 2. The number of benzene rings is 1. The standard InChI is InChI=1S/C14H16BrNO4/c15-8-11-6-7-12(13(17)20-11)16-14(18)19-9-10-4-2-1-3-5-10/h1-5,11-12H,6-9H2,(H,16,18)/t11-,12-/m0/s1. The summed E-state index contributed by atoms with van der Waals surface area (Å²) < 4.78 is 10.2. The highest BCUT2D eigenvalue weighted by molar-refractivity contribution is 9.09. The highest BCUT2D eigenvalue weighted by Gasteiger charge is 2.30. The van der Waals surface area contributed by atoms with Gasteiger partial charge in [-0.05, 0) is 18.4 Å². The molecule has 0 bridgehead atoms. The monoisotopic (exact) mass is 341 g/mol. The maximum Gasteiger partial charge on any atom is 0.408 e. The first kappa shape index (κ1) is 14.8. The van der Waals surface area contributed by atoms with Crippen molar-refractivity contribution in [2.24, 2.45) is 0 Å². The molecule has 0 unspecified atom stereocenters. The van der Waals surface area contributed by atoms with Crippen LogP contribution in [0.3, 0.4) is 0 Å². The van der Waals surface area contributed by atoms with Gasteiger partial charge >= 0.3 is 12.1 Å². The van der Waals surface area contributed by atoms with Gasteiger partial charge in [0.25, 0.3) is 0 Å². The minimum Gasteiger partial charge on any atom is -0.460 e. The molecule has 6 heteroatoms. The first-order valence-electron chi connectivity index (χ1n) is 6.42. The van der Waals surface area contributed by atoms with Crippen LogP contribution in [0.15, 0.2) is 30.3 Å². The van der Waals surface area contributed by atoms with Crippen molar-refractivity contribution in [3.63, 3.8) is 0 Å². The van der Waals surface area contributed by atoms with Crippen LogP contribution in [-0.4, -0.2) is 29.5 Å². The second-order valence-electron chi connectivity index (χ2n) is 4.55. The highest BCUT2D eigenvalue weighted by atomic mass is 79.9. The molecule has 2 rings (SSSR count). The maximum absolute atomic E-state index is 11.7. The van der Waals surface area contributed by atoms with E-state index in [2.05, 4.69) is 21.2 Å². The van der Waals surface area contributed by atoms with Gasteiger partial charge in [0.1, 0.15) is 18.8 Å². The third-order valence-corrected chi connectivity index (χ3v) is 3.74. The topological polar surface area (TPSA) is 64.6 Å². The molecule has 1 heterocycles. The molecule has 1 aliphatic rings. The lowest BCUT2D eigenvalue weighted by molar-refractivity contribution is -0.155. The van der Waals surface area contributed by atoms with Gasteiger partial charge in [-0.3, -0.25) is 0 Å². The van der Waals surface area contributed by atoms with Gasteiger partial charge in [0.2, 0.25) is 0 Å². The predicted molar refractivity (Wildman–Crippen MR) is 76.5 cm³/mol. The lowest BCUT2D eigenvalue weighted by Crippen LogP contribution is -2.47. The highest BCUT2D eigenvalue weighted by Crippen LogP contribution is 2.16. The number of alkyl carbamates (subject to hydrolysis) is 1. The van der Waals surface area contributed by atoms with E-state index in [9.17, 15) is 9.59 Å². The normalized spacial score (nSPS) is 21.9. The second-order valence-corrected chi connectivity index (χ2v) is 5.20. The quantitative estimate of drug-likeness (QED) is 0.674. The summed E-state index contributed by atoms with van der Waals surface area (Å²) >= 11 is 3.27. The van der Waals surface area contributed by atoms with Crippen LogP contribution < -0.4 is 5.32 Å². The largest absolute Gasteiger partial charge is 0.460 e. The van der Waals surface area contributed by atoms with Crippen molar-refractivity contribution in [2.45, 2.75) is 31.6 Å². The fourth-order valence-corrected chi connectivity index (χ4v) is 2.38. The third kappa shape index (κ3) is 4.23. The SMILES string of the molecule is O=C(N[C@H]1CC[C@@H](CBr)OC1=O)OCc1ccccc1. The van der Waals surface area contributed by atoms with Crippen LogP contribution in [0.4, 0.5) is 4.79 Å². The zero-order valence-corrected chi connectivity index (χ0v) is 12.5. The van der Waals surface area contributed by atoms with Crippen LogP contribution in [0, 0.1) is 0 Å². The first-order chi connectivity index (χ1) is 9.69. The molecule has 0 aliphatic carbocycles. The Bertz CT molecular complexity index is 466. The summed E-state index contributed by atoms with van der Waals surface area (Å²) in [5.41, 5.74) is 0.897. The molecule has 2 atom stereocenters. The Labute approximate surface area is 125 Å². The minimum absolute atomic E-state index is 0.110. The molecule has 5 nitrogen and oxygen atoms in total. The van der Waals surface area contributed by atoms with E-state index in [1.807, 2.05) is 30.3 Å². The van der Waals surface area contributed by atoms with Crippen LogP contribution in [0.1, 0.15) is 18.4 Å². The number of cyclic esters (lactones) is 1. The predicted octanol–water partition coefficient (Wildman–Crippen LogP) is 2.38. The molecule has 0 radical (unpaired) electrons. The van der Waals surface area contributed by atoms with Gasteiger partial charge in [-0.1, -0.05) is 46.3 Å². The number of nitrogens with one attached hydrogen (secondary N) is 1. The Kier molecular flexibility index (Phi) is 5.40. The van der Waals surface area contributed by atoms with Gasteiger partial charge in [-0.25, -0.2) is 9.59 Å². The number of hydrogen-bond acceptors (Lipinski definition) is 4. The van der Waals surface area contributed by atoms with Crippen molar-refractivity contribution in [2.75, 3.05) is 5.33 Å². The van der Waals surface area contributed by atoms with E-state index >= 15 is 0 Å². The lowest BCUT2D eigenvalue weighted by atomic mass is 10.1. The minimum atomic E-state index is -0.617. The summed E-state index contributed by atoms with van der Waals surface area (Å²) in [6.07, 6.45) is 0.574. The van der Waals surface area contributed by atoms with Gasteiger partial charge in [-0.2, -0.15) is 0 Å². The molecule has 1 fully saturated rings. The fraction of sp³-hybridized carbons (Fsp3) is 0.429. The molecule has 0 spiro atoms. The molecule has 0 saturated carbocycles. The summed E-state index contributed by atoms with van der Waals surface area (Å²) in [6, 6.07) is 8.74. The summed E-state index contributed by atoms with van der Waals surface area (Å²) in [5.74, 6) is -0.405. The summed E-state index contributed by atoms with van der Waals surface area (Å²) in [6.45, 7) is 0.179. The molecule has 1 N–H and O–H groups in total. The Hall–Kier alpha value is -1.56. The molecule has 20 heavy (non-hydrogen) atoms. The summed E-state index contributed by atoms with van der Waals surface area (Å²) in [7, 11) is 0. The lowest BCUT2D eigenvalue weighted by Gasteiger charge is -2.27. The van der Waals surface area contributed by atoms with Gasteiger partial charge in [-0.15, -0.1) is 0 Å². The zero-order chi connectivity index (χ0) is 14.4. The average Bonchev–Trinajstić information content (AvgIpc) is 2.48. The van der Waals surface area contributed by atoms with E-state index < -0.39 is 18.1 Å². The molecular formula is C14H16BrNO4. The number of amides is 1. The Morgan fingerprint density at radius 3 is 2.75 bits per heavy atom. The average molecular weight is 342 g/mol. The first-order valence-corrected chi connectivity index (χ1v) is 7.55. The zero-order valence-electron chi connectivity index (χ0n) is 10.9. The van der Waals surface area contributed by atoms with Crippen molar-refractivity contribution >= 4 is 28.0 Å². The number of esters is 1. The van der Waals surface area contributed by atoms with Gasteiger partial charge in [0.05, 0.1) is 0 Å².